The fraction of sp³-hybridized carbons (Fsp3) is 0.312. The first-order valence-corrected chi connectivity index (χ1v) is 6.98. The molecule has 1 aliphatic heterocycles. The average molecular weight is 286 g/mol. The van der Waals surface area contributed by atoms with Crippen LogP contribution in [0.4, 0.5) is 5.69 Å². The summed E-state index contributed by atoms with van der Waals surface area (Å²) >= 11 is 0. The lowest BCUT2D eigenvalue weighted by Crippen LogP contribution is -2.18. The molecule has 0 spiro atoms. The van der Waals surface area contributed by atoms with Gasteiger partial charge in [0, 0.05) is 24.0 Å². The smallest absolute Gasteiger partial charge is 0.272 e. The third kappa shape index (κ3) is 2.35. The highest BCUT2D eigenvalue weighted by atomic mass is 16.7. The minimum atomic E-state index is -0.110. The molecule has 1 N–H and O–H groups in total. The van der Waals surface area contributed by atoms with E-state index in [-0.39, 0.29) is 12.7 Å². The summed E-state index contributed by atoms with van der Waals surface area (Å²) in [7, 11) is 0. The topological polar surface area (TPSA) is 52.5 Å². The summed E-state index contributed by atoms with van der Waals surface area (Å²) in [5.74, 6) is 1.25. The van der Waals surface area contributed by atoms with Gasteiger partial charge in [0.25, 0.3) is 5.91 Å². The van der Waals surface area contributed by atoms with E-state index in [1.54, 1.807) is 12.1 Å². The van der Waals surface area contributed by atoms with Gasteiger partial charge in [0.15, 0.2) is 11.5 Å². The molecule has 1 amide bonds. The Hall–Kier alpha value is -2.43. The Morgan fingerprint density at radius 1 is 1.24 bits per heavy atom. The van der Waals surface area contributed by atoms with Crippen molar-refractivity contribution in [2.45, 2.75) is 27.3 Å². The molecule has 0 saturated heterocycles. The molecule has 5 nitrogen and oxygen atoms in total. The first kappa shape index (κ1) is 13.5. The summed E-state index contributed by atoms with van der Waals surface area (Å²) in [6, 6.07) is 7.42. The highest BCUT2D eigenvalue weighted by molar-refractivity contribution is 6.04. The van der Waals surface area contributed by atoms with E-state index in [1.165, 1.54) is 0 Å². The van der Waals surface area contributed by atoms with Crippen molar-refractivity contribution in [3.05, 3.63) is 41.2 Å². The van der Waals surface area contributed by atoms with Gasteiger partial charge in [-0.25, -0.2) is 0 Å². The number of carbonyl (C=O) groups excluding carboxylic acids is 1. The standard InChI is InChI=1S/C16H18N2O3/c1-4-18-11(3)7-10(2)15(18)16(19)17-12-5-6-13-14(8-12)21-9-20-13/h5-8H,4,9H2,1-3H3,(H,17,19). The number of nitrogens with one attached hydrogen (secondary N) is 1. The van der Waals surface area contributed by atoms with Crippen LogP contribution in [0, 0.1) is 13.8 Å². The molecule has 5 heteroatoms. The third-order valence-electron chi connectivity index (χ3n) is 3.66. The van der Waals surface area contributed by atoms with Crippen LogP contribution in [0.15, 0.2) is 24.3 Å². The number of amides is 1. The molecular formula is C16H18N2O3. The maximum absolute atomic E-state index is 12.5. The number of hydrogen-bond acceptors (Lipinski definition) is 3. The number of aromatic nitrogens is 1. The van der Waals surface area contributed by atoms with E-state index in [0.717, 1.165) is 17.8 Å². The highest BCUT2D eigenvalue weighted by Gasteiger charge is 2.18. The van der Waals surface area contributed by atoms with Gasteiger partial charge in [0.05, 0.1) is 0 Å². The van der Waals surface area contributed by atoms with Crippen LogP contribution in [-0.2, 0) is 6.54 Å². The molecule has 3 rings (SSSR count). The summed E-state index contributed by atoms with van der Waals surface area (Å²) in [4.78, 5) is 12.5. The van der Waals surface area contributed by atoms with Crippen molar-refractivity contribution < 1.29 is 14.3 Å². The minimum Gasteiger partial charge on any atom is -0.454 e. The third-order valence-corrected chi connectivity index (χ3v) is 3.66. The maximum Gasteiger partial charge on any atom is 0.272 e. The fourth-order valence-electron chi connectivity index (χ4n) is 2.72. The number of fused-ring (bicyclic) bond motifs is 1. The lowest BCUT2D eigenvalue weighted by atomic mass is 10.2. The average Bonchev–Trinajstić information content (AvgIpc) is 3.01. The normalized spacial score (nSPS) is 12.5. The summed E-state index contributed by atoms with van der Waals surface area (Å²) in [5.41, 5.74) is 3.47. The summed E-state index contributed by atoms with van der Waals surface area (Å²) in [5, 5.41) is 2.92. The molecule has 2 heterocycles. The Labute approximate surface area is 123 Å². The molecule has 1 aliphatic rings. The Bertz CT molecular complexity index is 704. The molecule has 21 heavy (non-hydrogen) atoms. The zero-order chi connectivity index (χ0) is 15.0. The van der Waals surface area contributed by atoms with Gasteiger partial charge in [-0.2, -0.15) is 0 Å². The molecule has 0 saturated carbocycles. The molecule has 0 radical (unpaired) electrons. The van der Waals surface area contributed by atoms with E-state index in [1.807, 2.05) is 37.5 Å². The fourth-order valence-corrected chi connectivity index (χ4v) is 2.72. The molecular weight excluding hydrogens is 268 g/mol. The van der Waals surface area contributed by atoms with E-state index in [4.69, 9.17) is 9.47 Å². The number of rotatable bonds is 3. The van der Waals surface area contributed by atoms with E-state index in [2.05, 4.69) is 5.32 Å². The van der Waals surface area contributed by atoms with Crippen LogP contribution in [-0.4, -0.2) is 17.3 Å². The largest absolute Gasteiger partial charge is 0.454 e. The van der Waals surface area contributed by atoms with Gasteiger partial charge >= 0.3 is 0 Å². The van der Waals surface area contributed by atoms with E-state index in [0.29, 0.717) is 22.9 Å². The lowest BCUT2D eigenvalue weighted by Gasteiger charge is -2.11. The number of hydrogen-bond donors (Lipinski definition) is 1. The number of ether oxygens (including phenoxy) is 2. The molecule has 0 bridgehead atoms. The minimum absolute atomic E-state index is 0.110. The monoisotopic (exact) mass is 286 g/mol. The first-order chi connectivity index (χ1) is 10.1. The molecule has 110 valence electrons. The van der Waals surface area contributed by atoms with Crippen molar-refractivity contribution >= 4 is 11.6 Å². The zero-order valence-electron chi connectivity index (χ0n) is 12.4. The van der Waals surface area contributed by atoms with Crippen molar-refractivity contribution in [3.8, 4) is 11.5 Å². The second-order valence-electron chi connectivity index (χ2n) is 5.08. The number of benzene rings is 1. The van der Waals surface area contributed by atoms with Gasteiger partial charge in [-0.05, 0) is 44.5 Å². The predicted octanol–water partition coefficient (Wildman–Crippen LogP) is 3.11. The van der Waals surface area contributed by atoms with Gasteiger partial charge in [-0.15, -0.1) is 0 Å². The highest BCUT2D eigenvalue weighted by Crippen LogP contribution is 2.34. The molecule has 0 aliphatic carbocycles. The second-order valence-corrected chi connectivity index (χ2v) is 5.08. The van der Waals surface area contributed by atoms with Crippen molar-refractivity contribution in [1.29, 1.82) is 0 Å². The summed E-state index contributed by atoms with van der Waals surface area (Å²) in [6.07, 6.45) is 0. The van der Waals surface area contributed by atoms with Gasteiger partial charge in [0.2, 0.25) is 6.79 Å². The molecule has 1 aromatic carbocycles. The van der Waals surface area contributed by atoms with Crippen molar-refractivity contribution in [3.63, 3.8) is 0 Å². The molecule has 2 aromatic rings. The Morgan fingerprint density at radius 2 is 2.00 bits per heavy atom. The number of carbonyl (C=O) groups is 1. The van der Waals surface area contributed by atoms with Crippen LogP contribution in [0.1, 0.15) is 28.7 Å². The quantitative estimate of drug-likeness (QED) is 0.943. The van der Waals surface area contributed by atoms with E-state index >= 15 is 0 Å². The first-order valence-electron chi connectivity index (χ1n) is 6.98. The van der Waals surface area contributed by atoms with Crippen LogP contribution in [0.5, 0.6) is 11.5 Å². The van der Waals surface area contributed by atoms with Crippen molar-refractivity contribution in [2.75, 3.05) is 12.1 Å². The van der Waals surface area contributed by atoms with Crippen LogP contribution >= 0.6 is 0 Å². The molecule has 0 unspecified atom stereocenters. The van der Waals surface area contributed by atoms with Crippen LogP contribution in [0.2, 0.25) is 0 Å². The van der Waals surface area contributed by atoms with Gasteiger partial charge in [-0.3, -0.25) is 4.79 Å². The Kier molecular flexibility index (Phi) is 3.33. The van der Waals surface area contributed by atoms with E-state index < -0.39 is 0 Å². The maximum atomic E-state index is 12.5. The van der Waals surface area contributed by atoms with Crippen molar-refractivity contribution in [1.82, 2.24) is 4.57 Å². The van der Waals surface area contributed by atoms with Gasteiger partial charge < -0.3 is 19.4 Å². The lowest BCUT2D eigenvalue weighted by molar-refractivity contribution is 0.101. The number of aryl methyl sites for hydroxylation is 2. The van der Waals surface area contributed by atoms with Crippen LogP contribution in [0.25, 0.3) is 0 Å². The van der Waals surface area contributed by atoms with Crippen LogP contribution in [0.3, 0.4) is 0 Å². The summed E-state index contributed by atoms with van der Waals surface area (Å²) < 4.78 is 12.6. The van der Waals surface area contributed by atoms with Crippen LogP contribution < -0.4 is 14.8 Å². The predicted molar refractivity (Wildman–Crippen MR) is 80.1 cm³/mol. The van der Waals surface area contributed by atoms with Gasteiger partial charge in [-0.1, -0.05) is 0 Å². The molecule has 0 fully saturated rings. The molecule has 1 aromatic heterocycles. The Morgan fingerprint density at radius 3 is 2.76 bits per heavy atom. The Balaban J connectivity index is 1.87. The second kappa shape index (κ2) is 5.16. The molecule has 0 atom stereocenters. The SMILES string of the molecule is CCn1c(C)cc(C)c1C(=O)Nc1ccc2c(c1)OCO2. The van der Waals surface area contributed by atoms with Crippen molar-refractivity contribution in [2.24, 2.45) is 0 Å². The number of anilines is 1. The number of nitrogens with zero attached hydrogens (tertiary/aromatic N) is 1. The summed E-state index contributed by atoms with van der Waals surface area (Å²) in [6.45, 7) is 6.98. The zero-order valence-corrected chi connectivity index (χ0v) is 12.4. The van der Waals surface area contributed by atoms with E-state index in [9.17, 15) is 4.79 Å². The van der Waals surface area contributed by atoms with Gasteiger partial charge in [0.1, 0.15) is 5.69 Å².